The third kappa shape index (κ3) is 6.92. The van der Waals surface area contributed by atoms with E-state index in [0.29, 0.717) is 37.9 Å². The van der Waals surface area contributed by atoms with E-state index in [1.54, 1.807) is 13.8 Å². The molecule has 0 bridgehead atoms. The molecule has 4 nitrogen and oxygen atoms in total. The minimum atomic E-state index is -0.406. The van der Waals surface area contributed by atoms with Gasteiger partial charge in [-0.2, -0.15) is 0 Å². The zero-order chi connectivity index (χ0) is 15.7. The first-order valence-corrected chi connectivity index (χ1v) is 7.66. The normalized spacial score (nSPS) is 14.2. The van der Waals surface area contributed by atoms with Crippen LogP contribution < -0.4 is 0 Å². The van der Waals surface area contributed by atoms with Crippen LogP contribution in [0.15, 0.2) is 0 Å². The third-order valence-corrected chi connectivity index (χ3v) is 3.12. The molecule has 0 amide bonds. The van der Waals surface area contributed by atoms with Crippen LogP contribution in [0.25, 0.3) is 0 Å². The predicted octanol–water partition coefficient (Wildman–Crippen LogP) is 3.44. The van der Waals surface area contributed by atoms with Crippen LogP contribution in [-0.4, -0.2) is 25.2 Å². The van der Waals surface area contributed by atoms with Crippen LogP contribution in [-0.2, 0) is 19.1 Å². The number of hydrogen-bond acceptors (Lipinski definition) is 4. The maximum absolute atomic E-state index is 12.2. The van der Waals surface area contributed by atoms with Crippen molar-refractivity contribution in [3.8, 4) is 0 Å². The fraction of sp³-hybridized carbons (Fsp3) is 0.875. The van der Waals surface area contributed by atoms with Crippen LogP contribution in [0.3, 0.4) is 0 Å². The average molecular weight is 286 g/mol. The Morgan fingerprint density at radius 3 is 1.25 bits per heavy atom. The second-order valence-electron chi connectivity index (χ2n) is 5.98. The molecule has 0 unspecified atom stereocenters. The summed E-state index contributed by atoms with van der Waals surface area (Å²) < 4.78 is 10.3. The lowest BCUT2D eigenvalue weighted by Crippen LogP contribution is -2.34. The quantitative estimate of drug-likeness (QED) is 0.609. The summed E-state index contributed by atoms with van der Waals surface area (Å²) in [7, 11) is 0. The zero-order valence-electron chi connectivity index (χ0n) is 13.8. The first-order valence-electron chi connectivity index (χ1n) is 7.66. The summed E-state index contributed by atoms with van der Waals surface area (Å²) >= 11 is 0. The van der Waals surface area contributed by atoms with Crippen LogP contribution >= 0.6 is 0 Å². The number of rotatable bonds is 9. The van der Waals surface area contributed by atoms with Gasteiger partial charge < -0.3 is 9.47 Å². The summed E-state index contributed by atoms with van der Waals surface area (Å²) in [5, 5.41) is 0. The van der Waals surface area contributed by atoms with E-state index in [9.17, 15) is 9.59 Å². The molecule has 4 heteroatoms. The van der Waals surface area contributed by atoms with E-state index in [2.05, 4.69) is 0 Å². The van der Waals surface area contributed by atoms with E-state index >= 15 is 0 Å². The molecule has 0 N–H and O–H groups in total. The van der Waals surface area contributed by atoms with Gasteiger partial charge in [0.1, 0.15) is 0 Å². The standard InChI is InChI=1S/C16H30O4/c1-7-19-15(17)13(9-11(3)4)14(10-12(5)6)16(18)20-8-2/h11-14H,7-10H2,1-6H3/t13-,14-/m1/s1. The van der Waals surface area contributed by atoms with Crippen LogP contribution in [0.1, 0.15) is 54.4 Å². The molecule has 118 valence electrons. The lowest BCUT2D eigenvalue weighted by molar-refractivity contribution is -0.161. The first kappa shape index (κ1) is 18.9. The van der Waals surface area contributed by atoms with Crippen molar-refractivity contribution in [2.24, 2.45) is 23.7 Å². The number of hydrogen-bond donors (Lipinski definition) is 0. The Hall–Kier alpha value is -1.06. The Labute approximate surface area is 123 Å². The van der Waals surface area contributed by atoms with Gasteiger partial charge in [-0.3, -0.25) is 9.59 Å². The van der Waals surface area contributed by atoms with Crippen molar-refractivity contribution < 1.29 is 19.1 Å². The van der Waals surface area contributed by atoms with Gasteiger partial charge >= 0.3 is 11.9 Å². The molecule has 0 aromatic heterocycles. The minimum Gasteiger partial charge on any atom is -0.466 e. The van der Waals surface area contributed by atoms with Crippen molar-refractivity contribution >= 4 is 11.9 Å². The van der Waals surface area contributed by atoms with Gasteiger partial charge in [-0.05, 0) is 38.5 Å². The lowest BCUT2D eigenvalue weighted by atomic mass is 9.80. The molecule has 0 aliphatic carbocycles. The predicted molar refractivity (Wildman–Crippen MR) is 79.2 cm³/mol. The Bertz CT molecular complexity index is 267. The fourth-order valence-corrected chi connectivity index (χ4v) is 2.36. The van der Waals surface area contributed by atoms with Crippen molar-refractivity contribution in [3.05, 3.63) is 0 Å². The number of ether oxygens (including phenoxy) is 2. The molecule has 0 fully saturated rings. The van der Waals surface area contributed by atoms with E-state index in [-0.39, 0.29) is 11.9 Å². The van der Waals surface area contributed by atoms with Crippen molar-refractivity contribution in [2.75, 3.05) is 13.2 Å². The zero-order valence-corrected chi connectivity index (χ0v) is 13.8. The molecular formula is C16H30O4. The monoisotopic (exact) mass is 286 g/mol. The third-order valence-electron chi connectivity index (χ3n) is 3.12. The Morgan fingerprint density at radius 1 is 0.750 bits per heavy atom. The average Bonchev–Trinajstić information content (AvgIpc) is 2.33. The summed E-state index contributed by atoms with van der Waals surface area (Å²) in [4.78, 5) is 24.4. The number of esters is 2. The smallest absolute Gasteiger partial charge is 0.309 e. The van der Waals surface area contributed by atoms with Crippen molar-refractivity contribution in [3.63, 3.8) is 0 Å². The van der Waals surface area contributed by atoms with Crippen molar-refractivity contribution in [1.82, 2.24) is 0 Å². The fourth-order valence-electron chi connectivity index (χ4n) is 2.36. The van der Waals surface area contributed by atoms with Gasteiger partial charge in [0.25, 0.3) is 0 Å². The molecular weight excluding hydrogens is 256 g/mol. The molecule has 0 saturated heterocycles. The van der Waals surface area contributed by atoms with Gasteiger partial charge in [0, 0.05) is 0 Å². The van der Waals surface area contributed by atoms with E-state index in [1.165, 1.54) is 0 Å². The van der Waals surface area contributed by atoms with Crippen LogP contribution in [0.5, 0.6) is 0 Å². The van der Waals surface area contributed by atoms with Gasteiger partial charge in [-0.15, -0.1) is 0 Å². The molecule has 0 aliphatic heterocycles. The van der Waals surface area contributed by atoms with Crippen LogP contribution in [0, 0.1) is 23.7 Å². The van der Waals surface area contributed by atoms with Gasteiger partial charge in [0.15, 0.2) is 0 Å². The highest BCUT2D eigenvalue weighted by molar-refractivity contribution is 5.82. The summed E-state index contributed by atoms with van der Waals surface area (Å²) in [6.07, 6.45) is 1.30. The van der Waals surface area contributed by atoms with Gasteiger partial charge in [-0.1, -0.05) is 27.7 Å². The molecule has 0 rings (SSSR count). The molecule has 0 saturated carbocycles. The number of carbonyl (C=O) groups is 2. The maximum Gasteiger partial charge on any atom is 0.309 e. The van der Waals surface area contributed by atoms with Crippen molar-refractivity contribution in [2.45, 2.75) is 54.4 Å². The molecule has 0 heterocycles. The van der Waals surface area contributed by atoms with Gasteiger partial charge in [0.05, 0.1) is 25.0 Å². The summed E-state index contributed by atoms with van der Waals surface area (Å²) in [5.41, 5.74) is 0. The topological polar surface area (TPSA) is 52.6 Å². The summed E-state index contributed by atoms with van der Waals surface area (Å²) in [6.45, 7) is 12.4. The molecule has 0 radical (unpaired) electrons. The highest BCUT2D eigenvalue weighted by atomic mass is 16.5. The van der Waals surface area contributed by atoms with E-state index < -0.39 is 11.8 Å². The molecule has 2 atom stereocenters. The Kier molecular flexibility index (Phi) is 9.26. The first-order chi connectivity index (χ1) is 9.33. The second kappa shape index (κ2) is 9.78. The molecule has 0 aromatic carbocycles. The van der Waals surface area contributed by atoms with E-state index in [0.717, 1.165) is 0 Å². The SMILES string of the molecule is CCOC(=O)[C@H](CC(C)C)[C@@H](CC(C)C)C(=O)OCC. The number of carbonyl (C=O) groups excluding carboxylic acids is 2. The highest BCUT2D eigenvalue weighted by Gasteiger charge is 2.36. The molecule has 0 spiro atoms. The van der Waals surface area contributed by atoms with E-state index in [1.807, 2.05) is 27.7 Å². The maximum atomic E-state index is 12.2. The van der Waals surface area contributed by atoms with Crippen molar-refractivity contribution in [1.29, 1.82) is 0 Å². The molecule has 0 aliphatic rings. The largest absolute Gasteiger partial charge is 0.466 e. The molecule has 20 heavy (non-hydrogen) atoms. The Balaban J connectivity index is 5.14. The summed E-state index contributed by atoms with van der Waals surface area (Å²) in [5.74, 6) is -0.713. The summed E-state index contributed by atoms with van der Waals surface area (Å²) in [6, 6.07) is 0. The van der Waals surface area contributed by atoms with Crippen LogP contribution in [0.2, 0.25) is 0 Å². The lowest BCUT2D eigenvalue weighted by Gasteiger charge is -2.26. The molecule has 0 aromatic rings. The van der Waals surface area contributed by atoms with Gasteiger partial charge in [0.2, 0.25) is 0 Å². The van der Waals surface area contributed by atoms with Crippen LogP contribution in [0.4, 0.5) is 0 Å². The van der Waals surface area contributed by atoms with Gasteiger partial charge in [-0.25, -0.2) is 0 Å². The Morgan fingerprint density at radius 2 is 1.05 bits per heavy atom. The van der Waals surface area contributed by atoms with E-state index in [4.69, 9.17) is 9.47 Å². The second-order valence-corrected chi connectivity index (χ2v) is 5.98. The highest BCUT2D eigenvalue weighted by Crippen LogP contribution is 2.29. The minimum absolute atomic E-state index is 0.278.